The van der Waals surface area contributed by atoms with Crippen LogP contribution in [0.3, 0.4) is 0 Å². The predicted octanol–water partition coefficient (Wildman–Crippen LogP) is 1.85. The molecule has 0 radical (unpaired) electrons. The average molecular weight is 375 g/mol. The van der Waals surface area contributed by atoms with Crippen LogP contribution in [0.25, 0.3) is 0 Å². The van der Waals surface area contributed by atoms with Gasteiger partial charge in [-0.1, -0.05) is 18.2 Å². The van der Waals surface area contributed by atoms with Crippen molar-refractivity contribution < 1.29 is 9.59 Å². The van der Waals surface area contributed by atoms with Crippen LogP contribution in [0.2, 0.25) is 0 Å². The second-order valence-electron chi connectivity index (χ2n) is 6.44. The Labute approximate surface area is 158 Å². The second kappa shape index (κ2) is 9.35. The van der Waals surface area contributed by atoms with Crippen molar-refractivity contribution in [3.8, 4) is 0 Å². The minimum absolute atomic E-state index is 0.0136. The van der Waals surface area contributed by atoms with Gasteiger partial charge in [-0.15, -0.1) is 11.3 Å². The normalized spacial score (nSPS) is 11.9. The summed E-state index contributed by atoms with van der Waals surface area (Å²) in [5.74, 6) is -1.22. The van der Waals surface area contributed by atoms with Crippen molar-refractivity contribution in [2.75, 3.05) is 39.6 Å². The summed E-state index contributed by atoms with van der Waals surface area (Å²) in [7, 11) is 7.89. The van der Waals surface area contributed by atoms with Crippen LogP contribution in [0.15, 0.2) is 41.8 Å². The van der Waals surface area contributed by atoms with E-state index in [4.69, 9.17) is 0 Å². The Morgan fingerprint density at radius 2 is 1.65 bits per heavy atom. The highest BCUT2D eigenvalue weighted by molar-refractivity contribution is 7.09. The molecule has 0 saturated carbocycles. The Morgan fingerprint density at radius 1 is 1.00 bits per heavy atom. The van der Waals surface area contributed by atoms with Crippen LogP contribution in [0, 0.1) is 0 Å². The maximum atomic E-state index is 12.1. The van der Waals surface area contributed by atoms with E-state index in [1.807, 2.05) is 79.8 Å². The lowest BCUT2D eigenvalue weighted by molar-refractivity contribution is -0.139. The molecule has 0 aliphatic carbocycles. The number of carbonyl (C=O) groups excluding carboxylic acids is 2. The van der Waals surface area contributed by atoms with Gasteiger partial charge in [0.2, 0.25) is 0 Å². The highest BCUT2D eigenvalue weighted by Gasteiger charge is 2.18. The molecule has 140 valence electrons. The van der Waals surface area contributed by atoms with Crippen LogP contribution in [0.5, 0.6) is 0 Å². The molecule has 0 unspecified atom stereocenters. The van der Waals surface area contributed by atoms with E-state index in [-0.39, 0.29) is 6.04 Å². The number of rotatable bonds is 7. The van der Waals surface area contributed by atoms with Crippen molar-refractivity contribution in [3.63, 3.8) is 0 Å². The Kier molecular flexibility index (Phi) is 7.17. The molecule has 7 heteroatoms. The van der Waals surface area contributed by atoms with E-state index in [1.165, 1.54) is 0 Å². The minimum atomic E-state index is -0.613. The van der Waals surface area contributed by atoms with Crippen LogP contribution >= 0.6 is 11.3 Å². The number of thiophene rings is 1. The fourth-order valence-corrected chi connectivity index (χ4v) is 3.17. The van der Waals surface area contributed by atoms with E-state index in [0.717, 1.165) is 16.1 Å². The lowest BCUT2D eigenvalue weighted by atomic mass is 10.1. The van der Waals surface area contributed by atoms with Crippen LogP contribution < -0.4 is 15.5 Å². The van der Waals surface area contributed by atoms with E-state index in [0.29, 0.717) is 13.1 Å². The van der Waals surface area contributed by atoms with Crippen LogP contribution in [0.4, 0.5) is 5.69 Å². The van der Waals surface area contributed by atoms with E-state index < -0.39 is 11.8 Å². The van der Waals surface area contributed by atoms with Crippen LogP contribution in [0.1, 0.15) is 16.5 Å². The van der Waals surface area contributed by atoms with Crippen LogP contribution in [-0.2, 0) is 16.1 Å². The SMILES string of the molecule is CN(C)c1ccc([C@@H](CNC(=O)C(=O)NCc2cccs2)N(C)C)cc1. The lowest BCUT2D eigenvalue weighted by Crippen LogP contribution is -2.42. The molecule has 1 aromatic carbocycles. The van der Waals surface area contributed by atoms with Gasteiger partial charge >= 0.3 is 11.8 Å². The number of hydrogen-bond donors (Lipinski definition) is 2. The summed E-state index contributed by atoms with van der Waals surface area (Å²) in [6.07, 6.45) is 0. The van der Waals surface area contributed by atoms with Gasteiger partial charge in [-0.2, -0.15) is 0 Å². The Bertz CT molecular complexity index is 712. The molecule has 2 aromatic rings. The average Bonchev–Trinajstić information content (AvgIpc) is 3.13. The van der Waals surface area contributed by atoms with Gasteiger partial charge in [0, 0.05) is 31.2 Å². The lowest BCUT2D eigenvalue weighted by Gasteiger charge is -2.25. The summed E-state index contributed by atoms with van der Waals surface area (Å²) < 4.78 is 0. The van der Waals surface area contributed by atoms with E-state index >= 15 is 0 Å². The van der Waals surface area contributed by atoms with Crippen LogP contribution in [-0.4, -0.2) is 51.4 Å². The van der Waals surface area contributed by atoms with Crippen molar-refractivity contribution in [1.82, 2.24) is 15.5 Å². The summed E-state index contributed by atoms with van der Waals surface area (Å²) in [5, 5.41) is 7.30. The molecule has 6 nitrogen and oxygen atoms in total. The number of amides is 2. The van der Waals surface area contributed by atoms with Gasteiger partial charge in [0.1, 0.15) is 0 Å². The molecular formula is C19H26N4O2S. The molecule has 0 bridgehead atoms. The Morgan fingerprint density at radius 3 is 2.19 bits per heavy atom. The standard InChI is InChI=1S/C19H26N4O2S/c1-22(2)15-9-7-14(8-10-15)17(23(3)4)13-21-19(25)18(24)20-12-16-6-5-11-26-16/h5-11,17H,12-13H2,1-4H3,(H,20,24)(H,21,25)/t17-/m1/s1. The van der Waals surface area contributed by atoms with Gasteiger partial charge in [-0.3, -0.25) is 9.59 Å². The maximum Gasteiger partial charge on any atom is 0.309 e. The molecule has 2 amide bonds. The first kappa shape index (κ1) is 19.9. The first-order chi connectivity index (χ1) is 12.4. The number of nitrogens with one attached hydrogen (secondary N) is 2. The molecule has 0 aliphatic rings. The molecular weight excluding hydrogens is 348 g/mol. The highest BCUT2D eigenvalue weighted by Crippen LogP contribution is 2.20. The van der Waals surface area contributed by atoms with Crippen molar-refractivity contribution in [3.05, 3.63) is 52.2 Å². The zero-order chi connectivity index (χ0) is 19.1. The van der Waals surface area contributed by atoms with Gasteiger partial charge in [0.05, 0.1) is 12.6 Å². The number of nitrogens with zero attached hydrogens (tertiary/aromatic N) is 2. The molecule has 0 fully saturated rings. The van der Waals surface area contributed by atoms with E-state index in [9.17, 15) is 9.59 Å². The maximum absolute atomic E-state index is 12.1. The van der Waals surface area contributed by atoms with Gasteiger partial charge in [0.25, 0.3) is 0 Å². The monoisotopic (exact) mass is 374 g/mol. The number of benzene rings is 1. The number of carbonyl (C=O) groups is 2. The Balaban J connectivity index is 1.90. The Hall–Kier alpha value is -2.38. The number of likely N-dealkylation sites (N-methyl/N-ethyl adjacent to an activating group) is 1. The van der Waals surface area contributed by atoms with Gasteiger partial charge in [-0.25, -0.2) is 0 Å². The number of anilines is 1. The van der Waals surface area contributed by atoms with Crippen molar-refractivity contribution in [1.29, 1.82) is 0 Å². The summed E-state index contributed by atoms with van der Waals surface area (Å²) in [4.78, 5) is 29.1. The molecule has 0 spiro atoms. The minimum Gasteiger partial charge on any atom is -0.378 e. The molecule has 1 aromatic heterocycles. The summed E-state index contributed by atoms with van der Waals surface area (Å²) in [6, 6.07) is 12.0. The quantitative estimate of drug-likeness (QED) is 0.726. The summed E-state index contributed by atoms with van der Waals surface area (Å²) >= 11 is 1.54. The molecule has 2 rings (SSSR count). The third-order valence-corrected chi connectivity index (χ3v) is 4.96. The van der Waals surface area contributed by atoms with Crippen molar-refractivity contribution >= 4 is 28.8 Å². The molecule has 1 heterocycles. The zero-order valence-electron chi connectivity index (χ0n) is 15.7. The fraction of sp³-hybridized carbons (Fsp3) is 0.368. The van der Waals surface area contributed by atoms with Crippen molar-refractivity contribution in [2.45, 2.75) is 12.6 Å². The third-order valence-electron chi connectivity index (χ3n) is 4.08. The second-order valence-corrected chi connectivity index (χ2v) is 7.47. The topological polar surface area (TPSA) is 64.7 Å². The zero-order valence-corrected chi connectivity index (χ0v) is 16.5. The number of hydrogen-bond acceptors (Lipinski definition) is 5. The predicted molar refractivity (Wildman–Crippen MR) is 106 cm³/mol. The van der Waals surface area contributed by atoms with Gasteiger partial charge < -0.3 is 20.4 Å². The summed E-state index contributed by atoms with van der Waals surface area (Å²) in [6.45, 7) is 0.729. The summed E-state index contributed by atoms with van der Waals surface area (Å²) in [5.41, 5.74) is 2.20. The largest absolute Gasteiger partial charge is 0.378 e. The molecule has 1 atom stereocenters. The molecule has 2 N–H and O–H groups in total. The fourth-order valence-electron chi connectivity index (χ4n) is 2.52. The first-order valence-corrected chi connectivity index (χ1v) is 9.28. The molecule has 0 aliphatic heterocycles. The highest BCUT2D eigenvalue weighted by atomic mass is 32.1. The third kappa shape index (κ3) is 5.57. The molecule has 26 heavy (non-hydrogen) atoms. The molecule has 0 saturated heterocycles. The van der Waals surface area contributed by atoms with Gasteiger partial charge in [-0.05, 0) is 43.2 Å². The van der Waals surface area contributed by atoms with E-state index in [2.05, 4.69) is 10.6 Å². The smallest absolute Gasteiger partial charge is 0.309 e. The van der Waals surface area contributed by atoms with Crippen molar-refractivity contribution in [2.24, 2.45) is 0 Å². The first-order valence-electron chi connectivity index (χ1n) is 8.40. The van der Waals surface area contributed by atoms with E-state index in [1.54, 1.807) is 11.3 Å². The van der Waals surface area contributed by atoms with Gasteiger partial charge in [0.15, 0.2) is 0 Å².